The number of methoxy groups -OCH3 is 1. The minimum absolute atomic E-state index is 0.0279. The number of nitrogens with one attached hydrogen (secondary N) is 1. The number of phenols is 1. The van der Waals surface area contributed by atoms with E-state index in [1.165, 1.54) is 13.3 Å². The lowest BCUT2D eigenvalue weighted by Gasteiger charge is -2.10. The Labute approximate surface area is 157 Å². The number of hydrogen-bond donors (Lipinski definition) is 2. The number of phenolic OH excluding ortho intramolecular Hbond substituents is 1. The van der Waals surface area contributed by atoms with E-state index in [2.05, 4.69) is 27.2 Å². The smallest absolute Gasteiger partial charge is 0.271 e. The molecule has 6 nitrogen and oxygen atoms in total. The molecule has 0 aliphatic carbocycles. The van der Waals surface area contributed by atoms with Crippen LogP contribution in [0.5, 0.6) is 11.5 Å². The Morgan fingerprint density at radius 2 is 1.74 bits per heavy atom. The summed E-state index contributed by atoms with van der Waals surface area (Å²) in [5.74, 6) is -0.0163. The van der Waals surface area contributed by atoms with Crippen molar-refractivity contribution in [2.45, 2.75) is 13.8 Å². The van der Waals surface area contributed by atoms with Gasteiger partial charge in [0.15, 0.2) is 11.5 Å². The Kier molecular flexibility index (Phi) is 5.26. The van der Waals surface area contributed by atoms with Gasteiger partial charge >= 0.3 is 0 Å². The highest BCUT2D eigenvalue weighted by Gasteiger charge is 2.08. The molecule has 1 heterocycles. The van der Waals surface area contributed by atoms with Gasteiger partial charge in [-0.2, -0.15) is 5.10 Å². The molecule has 0 radical (unpaired) electrons. The van der Waals surface area contributed by atoms with Crippen LogP contribution in [0.2, 0.25) is 0 Å². The Morgan fingerprint density at radius 3 is 2.37 bits per heavy atom. The van der Waals surface area contributed by atoms with Gasteiger partial charge in [0.05, 0.1) is 13.3 Å². The number of para-hydroxylation sites is 1. The van der Waals surface area contributed by atoms with Crippen molar-refractivity contribution in [3.8, 4) is 17.2 Å². The Bertz CT molecular complexity index is 969. The van der Waals surface area contributed by atoms with Crippen molar-refractivity contribution in [3.05, 3.63) is 77.1 Å². The zero-order valence-electron chi connectivity index (χ0n) is 15.4. The summed E-state index contributed by atoms with van der Waals surface area (Å²) in [6, 6.07) is 16.4. The quantitative estimate of drug-likeness (QED) is 0.537. The van der Waals surface area contributed by atoms with E-state index in [1.807, 2.05) is 26.0 Å². The van der Waals surface area contributed by atoms with E-state index in [9.17, 15) is 9.90 Å². The van der Waals surface area contributed by atoms with Crippen LogP contribution in [0.25, 0.3) is 5.69 Å². The van der Waals surface area contributed by atoms with Gasteiger partial charge in [-0.05, 0) is 62.4 Å². The molecule has 1 aromatic heterocycles. The van der Waals surface area contributed by atoms with E-state index >= 15 is 0 Å². The van der Waals surface area contributed by atoms with E-state index < -0.39 is 0 Å². The van der Waals surface area contributed by atoms with Crippen LogP contribution in [0, 0.1) is 13.8 Å². The standard InChI is InChI=1S/C21H21N3O3/c1-14-7-8-15(2)24(14)18-11-9-16(10-12-18)21(26)23-22-13-17-5-4-6-19(27-3)20(17)25/h4-13,25H,1-3H3,(H,23,26)/b22-13-. The highest BCUT2D eigenvalue weighted by molar-refractivity contribution is 5.95. The Morgan fingerprint density at radius 1 is 1.07 bits per heavy atom. The second-order valence-electron chi connectivity index (χ2n) is 6.10. The van der Waals surface area contributed by atoms with Crippen LogP contribution in [0.4, 0.5) is 0 Å². The molecule has 0 unspecified atom stereocenters. The number of rotatable bonds is 5. The summed E-state index contributed by atoms with van der Waals surface area (Å²) in [7, 11) is 1.47. The van der Waals surface area contributed by atoms with Crippen LogP contribution in [-0.4, -0.2) is 28.9 Å². The second kappa shape index (κ2) is 7.78. The molecule has 0 saturated carbocycles. The molecule has 2 aromatic carbocycles. The van der Waals surface area contributed by atoms with Crippen LogP contribution >= 0.6 is 0 Å². The van der Waals surface area contributed by atoms with Crippen molar-refractivity contribution < 1.29 is 14.6 Å². The number of carbonyl (C=O) groups is 1. The molecule has 2 N–H and O–H groups in total. The fourth-order valence-electron chi connectivity index (χ4n) is 2.87. The third-order valence-electron chi connectivity index (χ3n) is 4.28. The van der Waals surface area contributed by atoms with Gasteiger partial charge in [0, 0.05) is 28.2 Å². The van der Waals surface area contributed by atoms with Crippen LogP contribution in [0.15, 0.2) is 59.7 Å². The SMILES string of the molecule is COc1cccc(/C=N\NC(=O)c2ccc(-n3c(C)ccc3C)cc2)c1O. The van der Waals surface area contributed by atoms with E-state index in [1.54, 1.807) is 30.3 Å². The minimum atomic E-state index is -0.332. The summed E-state index contributed by atoms with van der Waals surface area (Å²) in [6.45, 7) is 4.08. The van der Waals surface area contributed by atoms with Crippen molar-refractivity contribution in [2.24, 2.45) is 5.10 Å². The van der Waals surface area contributed by atoms with Gasteiger partial charge in [-0.1, -0.05) is 6.07 Å². The Hall–Kier alpha value is -3.54. The number of amides is 1. The zero-order valence-corrected chi connectivity index (χ0v) is 15.4. The van der Waals surface area contributed by atoms with E-state index in [4.69, 9.17) is 4.74 Å². The molecular formula is C21H21N3O3. The van der Waals surface area contributed by atoms with Crippen molar-refractivity contribution in [3.63, 3.8) is 0 Å². The van der Waals surface area contributed by atoms with Crippen LogP contribution < -0.4 is 10.2 Å². The highest BCUT2D eigenvalue weighted by Crippen LogP contribution is 2.27. The molecule has 0 atom stereocenters. The van der Waals surface area contributed by atoms with Crippen LogP contribution in [-0.2, 0) is 0 Å². The molecule has 0 aliphatic rings. The monoisotopic (exact) mass is 363 g/mol. The summed E-state index contributed by atoms with van der Waals surface area (Å²) >= 11 is 0. The van der Waals surface area contributed by atoms with E-state index in [-0.39, 0.29) is 11.7 Å². The molecule has 0 aliphatic heterocycles. The highest BCUT2D eigenvalue weighted by atomic mass is 16.5. The minimum Gasteiger partial charge on any atom is -0.504 e. The average molecular weight is 363 g/mol. The molecule has 6 heteroatoms. The number of carbonyl (C=O) groups excluding carboxylic acids is 1. The number of nitrogens with zero attached hydrogens (tertiary/aromatic N) is 2. The lowest BCUT2D eigenvalue weighted by Crippen LogP contribution is -2.17. The van der Waals surface area contributed by atoms with Gasteiger partial charge in [-0.25, -0.2) is 5.43 Å². The molecule has 138 valence electrons. The van der Waals surface area contributed by atoms with Gasteiger partial charge in [-0.15, -0.1) is 0 Å². The summed E-state index contributed by atoms with van der Waals surface area (Å²) in [4.78, 5) is 12.3. The van der Waals surface area contributed by atoms with E-state index in [0.717, 1.165) is 17.1 Å². The molecule has 27 heavy (non-hydrogen) atoms. The number of benzene rings is 2. The number of aromatic hydroxyl groups is 1. The summed E-state index contributed by atoms with van der Waals surface area (Å²) in [5, 5.41) is 13.9. The molecule has 1 amide bonds. The molecule has 0 fully saturated rings. The summed E-state index contributed by atoms with van der Waals surface area (Å²) in [6.07, 6.45) is 1.37. The van der Waals surface area contributed by atoms with Crippen molar-refractivity contribution in [2.75, 3.05) is 7.11 Å². The molecule has 0 saturated heterocycles. The maximum absolute atomic E-state index is 12.3. The first-order valence-corrected chi connectivity index (χ1v) is 8.46. The Balaban J connectivity index is 1.70. The number of ether oxygens (including phenoxy) is 1. The number of aryl methyl sites for hydroxylation is 2. The number of aromatic nitrogens is 1. The van der Waals surface area contributed by atoms with E-state index in [0.29, 0.717) is 16.9 Å². The van der Waals surface area contributed by atoms with Gasteiger partial charge < -0.3 is 14.4 Å². The predicted octanol–water partition coefficient (Wildman–Crippen LogP) is 3.57. The number of hydrogen-bond acceptors (Lipinski definition) is 4. The molecule has 3 aromatic rings. The lowest BCUT2D eigenvalue weighted by molar-refractivity contribution is 0.0955. The van der Waals surface area contributed by atoms with Gasteiger partial charge in [0.1, 0.15) is 0 Å². The first-order chi connectivity index (χ1) is 13.0. The third-order valence-corrected chi connectivity index (χ3v) is 4.28. The normalized spacial score (nSPS) is 10.9. The maximum Gasteiger partial charge on any atom is 0.271 e. The topological polar surface area (TPSA) is 75.8 Å². The van der Waals surface area contributed by atoms with Crippen molar-refractivity contribution in [1.82, 2.24) is 9.99 Å². The predicted molar refractivity (Wildman–Crippen MR) is 105 cm³/mol. The van der Waals surface area contributed by atoms with Crippen molar-refractivity contribution in [1.29, 1.82) is 0 Å². The lowest BCUT2D eigenvalue weighted by atomic mass is 10.2. The molecule has 0 bridgehead atoms. The van der Waals surface area contributed by atoms with Gasteiger partial charge in [0.2, 0.25) is 0 Å². The molecular weight excluding hydrogens is 342 g/mol. The van der Waals surface area contributed by atoms with Crippen LogP contribution in [0.3, 0.4) is 0 Å². The summed E-state index contributed by atoms with van der Waals surface area (Å²) in [5.41, 5.74) is 6.66. The molecule has 3 rings (SSSR count). The first kappa shape index (κ1) is 18.3. The third kappa shape index (κ3) is 3.84. The molecule has 0 spiro atoms. The second-order valence-corrected chi connectivity index (χ2v) is 6.10. The fraction of sp³-hybridized carbons (Fsp3) is 0.143. The first-order valence-electron chi connectivity index (χ1n) is 8.46. The largest absolute Gasteiger partial charge is 0.504 e. The van der Waals surface area contributed by atoms with Crippen molar-refractivity contribution >= 4 is 12.1 Å². The fourth-order valence-corrected chi connectivity index (χ4v) is 2.87. The van der Waals surface area contributed by atoms with Gasteiger partial charge in [0.25, 0.3) is 5.91 Å². The zero-order chi connectivity index (χ0) is 19.4. The number of hydrazone groups is 1. The maximum atomic E-state index is 12.3. The van der Waals surface area contributed by atoms with Gasteiger partial charge in [-0.3, -0.25) is 4.79 Å². The van der Waals surface area contributed by atoms with Crippen LogP contribution in [0.1, 0.15) is 27.3 Å². The summed E-state index contributed by atoms with van der Waals surface area (Å²) < 4.78 is 7.16. The average Bonchev–Trinajstić information content (AvgIpc) is 3.01.